The van der Waals surface area contributed by atoms with E-state index in [-0.39, 0.29) is 34.2 Å². The smallest absolute Gasteiger partial charge is 0.264 e. The van der Waals surface area contributed by atoms with Crippen LogP contribution in [0.15, 0.2) is 224 Å². The first-order valence-corrected chi connectivity index (χ1v) is 26.6. The molecule has 17 aromatic rings. The zero-order valence-corrected chi connectivity index (χ0v) is 41.8. The van der Waals surface area contributed by atoms with Crippen molar-refractivity contribution in [1.29, 1.82) is 0 Å². The van der Waals surface area contributed by atoms with Crippen molar-refractivity contribution in [3.8, 4) is 0 Å². The zero-order chi connectivity index (χ0) is 52.5. The summed E-state index contributed by atoms with van der Waals surface area (Å²) < 4.78 is 6.96. The molecule has 3 aliphatic rings. The Bertz CT molecular complexity index is 6070. The molecule has 1 aliphatic heterocycles. The van der Waals surface area contributed by atoms with Gasteiger partial charge in [0.2, 0.25) is 0 Å². The molecule has 20 rings (SSSR count). The van der Waals surface area contributed by atoms with Crippen molar-refractivity contribution in [3.63, 3.8) is 0 Å². The maximum absolute atomic E-state index is 14.2. The van der Waals surface area contributed by atoms with Crippen molar-refractivity contribution in [2.75, 3.05) is 0 Å². The highest BCUT2D eigenvalue weighted by Crippen LogP contribution is 2.42. The predicted octanol–water partition coefficient (Wildman–Crippen LogP) is 12.0. The van der Waals surface area contributed by atoms with E-state index in [0.29, 0.717) is 44.0 Å². The van der Waals surface area contributed by atoms with Gasteiger partial charge in [0.25, 0.3) is 22.2 Å². The summed E-state index contributed by atoms with van der Waals surface area (Å²) in [5, 5.41) is 14.8. The molecule has 0 saturated heterocycles. The van der Waals surface area contributed by atoms with Crippen molar-refractivity contribution >= 4 is 153 Å². The molecule has 80 heavy (non-hydrogen) atoms. The fraction of sp³-hybridized carbons (Fsp3) is 0.0294. The number of aromatic nitrogens is 7. The molecular weight excluding hydrogens is 993 g/mol. The molecule has 12 heteroatoms. The number of benzene rings is 10. The van der Waals surface area contributed by atoms with Crippen molar-refractivity contribution in [2.24, 2.45) is 10.9 Å². The molecule has 10 aromatic carbocycles. The highest BCUT2D eigenvalue weighted by atomic mass is 16.1. The number of allylic oxidation sites excluding steroid dienone is 5. The molecule has 2 unspecified atom stereocenters. The molecule has 0 N–H and O–H groups in total. The molecule has 2 atom stereocenters. The standard InChI is InChI=1S/C34H16N4O2.C34H18N4O2/c39-33-21-16-14-20-30-22(34(40)38-26-12-4-8-18-6-2-10-24(28(18)26)36-32(20)38)15-13-19(29(21)30)31-35-23-9-1-5-17-7-3-11-25(27(17)23)37(31)33;39-33-21-15-16-22-30-20(32-36-24-10-2-6-18-8-4-12-26(28(18)24)38(32)34(22)40)14-13-19(29(21)30)31-35-23-9-1-5-17-7-3-11-25(27(17)23)37(31)33/h1-16H;1-16,23,27H. The molecular formula is C68H34N8O4. The predicted molar refractivity (Wildman–Crippen MR) is 320 cm³/mol. The van der Waals surface area contributed by atoms with Gasteiger partial charge in [-0.2, -0.15) is 0 Å². The first-order chi connectivity index (χ1) is 39.4. The Morgan fingerprint density at radius 1 is 0.362 bits per heavy atom. The van der Waals surface area contributed by atoms with Crippen molar-refractivity contribution in [3.05, 3.63) is 247 Å². The monoisotopic (exact) mass is 1030 g/mol. The van der Waals surface area contributed by atoms with Gasteiger partial charge in [-0.1, -0.05) is 103 Å². The third-order valence-electron chi connectivity index (χ3n) is 17.6. The molecule has 0 spiro atoms. The minimum Gasteiger partial charge on any atom is -0.268 e. The summed E-state index contributed by atoms with van der Waals surface area (Å²) in [5.74, 6) is 0.0201. The van der Waals surface area contributed by atoms with E-state index < -0.39 is 0 Å². The minimum atomic E-state index is -0.146. The lowest BCUT2D eigenvalue weighted by Crippen LogP contribution is -2.44. The average molecular weight is 1030 g/mol. The second-order valence-corrected chi connectivity index (χ2v) is 21.4. The second kappa shape index (κ2) is 14.5. The third-order valence-corrected chi connectivity index (χ3v) is 17.6. The fourth-order valence-electron chi connectivity index (χ4n) is 14.3. The van der Waals surface area contributed by atoms with E-state index in [1.54, 1.807) is 23.8 Å². The Balaban J connectivity index is 0.000000120. The summed E-state index contributed by atoms with van der Waals surface area (Å²) in [4.78, 5) is 77.0. The number of rotatable bonds is 0. The summed E-state index contributed by atoms with van der Waals surface area (Å²) in [5.41, 5.74) is 8.96. The van der Waals surface area contributed by atoms with E-state index in [0.717, 1.165) is 120 Å². The lowest BCUT2D eigenvalue weighted by atomic mass is 9.81. The Morgan fingerprint density at radius 2 is 0.750 bits per heavy atom. The molecule has 0 fully saturated rings. The van der Waals surface area contributed by atoms with Crippen molar-refractivity contribution in [1.82, 2.24) is 32.7 Å². The van der Waals surface area contributed by atoms with Gasteiger partial charge >= 0.3 is 0 Å². The molecule has 0 bridgehead atoms. The molecule has 2 aliphatic carbocycles. The van der Waals surface area contributed by atoms with Gasteiger partial charge in [-0.05, 0) is 113 Å². The van der Waals surface area contributed by atoms with Crippen LogP contribution in [-0.4, -0.2) is 38.8 Å². The average Bonchev–Trinajstić information content (AvgIpc) is 3.44. The summed E-state index contributed by atoms with van der Waals surface area (Å²) in [6, 6.07) is 51.3. The maximum atomic E-state index is 14.2. The van der Waals surface area contributed by atoms with Crippen LogP contribution >= 0.6 is 0 Å². The summed E-state index contributed by atoms with van der Waals surface area (Å²) in [6.45, 7) is 0. The molecule has 370 valence electrons. The summed E-state index contributed by atoms with van der Waals surface area (Å²) in [7, 11) is 0. The minimum absolute atomic E-state index is 0.0201. The van der Waals surface area contributed by atoms with Gasteiger partial charge in [0.05, 0.1) is 45.1 Å². The van der Waals surface area contributed by atoms with Crippen molar-refractivity contribution < 1.29 is 0 Å². The zero-order valence-electron chi connectivity index (χ0n) is 41.8. The van der Waals surface area contributed by atoms with Gasteiger partial charge in [-0.25, -0.2) is 15.0 Å². The van der Waals surface area contributed by atoms with Crippen LogP contribution in [0, 0.1) is 5.92 Å². The topological polar surface area (TPSA) is 137 Å². The molecule has 12 nitrogen and oxygen atoms in total. The van der Waals surface area contributed by atoms with Gasteiger partial charge in [0.1, 0.15) is 22.4 Å². The van der Waals surface area contributed by atoms with Gasteiger partial charge in [0.15, 0.2) is 0 Å². The van der Waals surface area contributed by atoms with E-state index in [9.17, 15) is 19.2 Å². The number of fused-ring (bicyclic) bond motifs is 12. The van der Waals surface area contributed by atoms with Crippen LogP contribution in [0.4, 0.5) is 0 Å². The van der Waals surface area contributed by atoms with Crippen LogP contribution < -0.4 is 27.7 Å². The molecule has 0 saturated carbocycles. The van der Waals surface area contributed by atoms with Crippen molar-refractivity contribution in [2.45, 2.75) is 6.04 Å². The van der Waals surface area contributed by atoms with Crippen LogP contribution in [0.5, 0.6) is 0 Å². The highest BCUT2D eigenvalue weighted by Gasteiger charge is 2.35. The van der Waals surface area contributed by atoms with E-state index >= 15 is 0 Å². The molecule has 7 aromatic heterocycles. The van der Waals surface area contributed by atoms with E-state index in [2.05, 4.69) is 18.2 Å². The Morgan fingerprint density at radius 3 is 1.20 bits per heavy atom. The second-order valence-electron chi connectivity index (χ2n) is 21.4. The Hall–Kier alpha value is -11.0. The van der Waals surface area contributed by atoms with Crippen LogP contribution in [-0.2, 0) is 0 Å². The maximum Gasteiger partial charge on any atom is 0.264 e. The number of hydrogen-bond acceptors (Lipinski definition) is 8. The number of hydrogen-bond donors (Lipinski definition) is 0. The van der Waals surface area contributed by atoms with E-state index in [4.69, 9.17) is 19.9 Å². The van der Waals surface area contributed by atoms with Crippen LogP contribution in [0.25, 0.3) is 153 Å². The quantitative estimate of drug-likeness (QED) is 0.109. The van der Waals surface area contributed by atoms with Crippen LogP contribution in [0.3, 0.4) is 0 Å². The largest absolute Gasteiger partial charge is 0.268 e. The SMILES string of the molecule is O=c1c2ccc3c(=O)n4c5cccc6cccc(nc4c4ccc(c7n1C1=CC=CC8=CC=CC(N=7)C81)c2c34)c65.O=c1c2ccc3c4c(ccc(c24)c2nc4cccc5cccc(c54)n12)c(=O)n1c2cccc4cccc(nc31)c42. The molecule has 0 radical (unpaired) electrons. The van der Waals surface area contributed by atoms with Crippen LogP contribution in [0.1, 0.15) is 0 Å². The lowest BCUT2D eigenvalue weighted by molar-refractivity contribution is 0.587. The fourth-order valence-corrected chi connectivity index (χ4v) is 14.3. The molecule has 0 amide bonds. The first kappa shape index (κ1) is 42.2. The Labute approximate surface area is 446 Å². The van der Waals surface area contributed by atoms with E-state index in [1.807, 2.05) is 170 Å². The summed E-state index contributed by atoms with van der Waals surface area (Å²) in [6.07, 6.45) is 12.4. The van der Waals surface area contributed by atoms with Crippen LogP contribution in [0.2, 0.25) is 0 Å². The van der Waals surface area contributed by atoms with Gasteiger partial charge in [0, 0.05) is 86.5 Å². The Kier molecular flexibility index (Phi) is 7.66. The molecule has 8 heterocycles. The lowest BCUT2D eigenvalue weighted by Gasteiger charge is -2.34. The van der Waals surface area contributed by atoms with Gasteiger partial charge in [-0.3, -0.25) is 41.9 Å². The first-order valence-electron chi connectivity index (χ1n) is 26.6. The van der Waals surface area contributed by atoms with Gasteiger partial charge in [-0.15, -0.1) is 0 Å². The highest BCUT2D eigenvalue weighted by molar-refractivity contribution is 6.29. The third kappa shape index (κ3) is 5.03. The van der Waals surface area contributed by atoms with E-state index in [1.165, 1.54) is 0 Å². The summed E-state index contributed by atoms with van der Waals surface area (Å²) >= 11 is 0. The van der Waals surface area contributed by atoms with Gasteiger partial charge < -0.3 is 0 Å². The number of pyridine rings is 4. The number of nitrogens with zero attached hydrogens (tertiary/aromatic N) is 8. The normalized spacial score (nSPS) is 16.1.